The maximum absolute atomic E-state index is 11.4. The summed E-state index contributed by atoms with van der Waals surface area (Å²) in [6, 6.07) is 9.41. The molecule has 1 N–H and O–H groups in total. The second-order valence-corrected chi connectivity index (χ2v) is 7.59. The fourth-order valence-corrected chi connectivity index (χ4v) is 3.84. The van der Waals surface area contributed by atoms with E-state index in [-0.39, 0.29) is 6.54 Å². The smallest absolute Gasteiger partial charge is 0.323 e. The Balaban J connectivity index is 1.88. The highest BCUT2D eigenvalue weighted by atomic mass is 79.9. The van der Waals surface area contributed by atoms with Crippen LogP contribution in [-0.4, -0.2) is 20.6 Å². The van der Waals surface area contributed by atoms with Crippen molar-refractivity contribution in [2.24, 2.45) is 0 Å². The molecule has 0 atom stereocenters. The minimum absolute atomic E-state index is 0.193. The van der Waals surface area contributed by atoms with Gasteiger partial charge < -0.3 is 9.67 Å². The Bertz CT molecular complexity index is 1070. The van der Waals surface area contributed by atoms with Gasteiger partial charge in [-0.25, -0.2) is 4.98 Å². The van der Waals surface area contributed by atoms with E-state index in [1.54, 1.807) is 16.7 Å². The van der Waals surface area contributed by atoms with Gasteiger partial charge in [0.15, 0.2) is 0 Å². The number of allylic oxidation sites excluding steroid dienone is 1. The topological polar surface area (TPSA) is 55.1 Å². The molecule has 0 radical (unpaired) electrons. The van der Waals surface area contributed by atoms with Crippen molar-refractivity contribution in [3.8, 4) is 0 Å². The number of halogens is 3. The van der Waals surface area contributed by atoms with Crippen molar-refractivity contribution in [3.63, 3.8) is 0 Å². The largest absolute Gasteiger partial charge is 0.480 e. The lowest BCUT2D eigenvalue weighted by Gasteiger charge is -2.07. The van der Waals surface area contributed by atoms with Gasteiger partial charge in [0, 0.05) is 16.5 Å². The molecule has 7 heteroatoms. The predicted octanol–water partition coefficient (Wildman–Crippen LogP) is 5.29. The predicted molar refractivity (Wildman–Crippen MR) is 103 cm³/mol. The number of carboxylic acids is 1. The summed E-state index contributed by atoms with van der Waals surface area (Å²) < 4.78 is 2.69. The molecular weight excluding hydrogens is 427 g/mol. The first-order valence-electron chi connectivity index (χ1n) is 7.49. The summed E-state index contributed by atoms with van der Waals surface area (Å²) in [6.45, 7) is -0.193. The average Bonchev–Trinajstić information content (AvgIpc) is 3.09. The van der Waals surface area contributed by atoms with Crippen molar-refractivity contribution in [2.75, 3.05) is 0 Å². The quantitative estimate of drug-likeness (QED) is 0.605. The first-order valence-corrected chi connectivity index (χ1v) is 9.04. The summed E-state index contributed by atoms with van der Waals surface area (Å²) in [5.41, 5.74) is 4.55. The van der Waals surface area contributed by atoms with E-state index in [1.165, 1.54) is 5.56 Å². The van der Waals surface area contributed by atoms with Gasteiger partial charge in [0.05, 0.1) is 21.1 Å². The van der Waals surface area contributed by atoms with Gasteiger partial charge in [0.1, 0.15) is 12.4 Å². The second-order valence-electron chi connectivity index (χ2n) is 5.86. The van der Waals surface area contributed by atoms with Crippen LogP contribution in [0, 0.1) is 0 Å². The number of benzene rings is 2. The Morgan fingerprint density at radius 1 is 1.24 bits per heavy atom. The van der Waals surface area contributed by atoms with Crippen LogP contribution in [0.25, 0.3) is 22.7 Å². The number of carbonyl (C=O) groups is 1. The molecule has 25 heavy (non-hydrogen) atoms. The van der Waals surface area contributed by atoms with Gasteiger partial charge in [0.25, 0.3) is 0 Å². The molecular formula is C18H11BrCl2N2O2. The van der Waals surface area contributed by atoms with Crippen LogP contribution in [0.15, 0.2) is 34.8 Å². The van der Waals surface area contributed by atoms with Gasteiger partial charge in [-0.1, -0.05) is 45.2 Å². The molecule has 1 heterocycles. The summed E-state index contributed by atoms with van der Waals surface area (Å²) in [7, 11) is 0. The van der Waals surface area contributed by atoms with Gasteiger partial charge in [-0.15, -0.1) is 0 Å². The van der Waals surface area contributed by atoms with Crippen LogP contribution in [0.4, 0.5) is 0 Å². The van der Waals surface area contributed by atoms with Crippen molar-refractivity contribution in [1.82, 2.24) is 9.55 Å². The maximum Gasteiger partial charge on any atom is 0.323 e. The summed E-state index contributed by atoms with van der Waals surface area (Å²) >= 11 is 15.7. The number of nitrogens with zero attached hydrogens (tertiary/aromatic N) is 2. The molecule has 0 amide bonds. The van der Waals surface area contributed by atoms with E-state index >= 15 is 0 Å². The zero-order valence-electron chi connectivity index (χ0n) is 12.8. The standard InChI is InChI=1S/C18H11BrCl2N2O2/c19-12-2-1-9-3-11(4-10(9)5-12)18-22-15-6-13(20)14(21)7-16(15)23(18)8-17(24)25/h1-3,5-7H,4,8H2,(H,24,25). The molecule has 2 aromatic carbocycles. The van der Waals surface area contributed by atoms with Crippen molar-refractivity contribution in [1.29, 1.82) is 0 Å². The molecule has 4 rings (SSSR count). The lowest BCUT2D eigenvalue weighted by atomic mass is 10.1. The Morgan fingerprint density at radius 2 is 2.00 bits per heavy atom. The van der Waals surface area contributed by atoms with E-state index in [2.05, 4.69) is 27.0 Å². The number of hydrogen-bond donors (Lipinski definition) is 1. The highest BCUT2D eigenvalue weighted by Gasteiger charge is 2.22. The molecule has 1 aromatic heterocycles. The Morgan fingerprint density at radius 3 is 2.76 bits per heavy atom. The van der Waals surface area contributed by atoms with Gasteiger partial charge in [-0.3, -0.25) is 4.79 Å². The molecule has 3 aromatic rings. The van der Waals surface area contributed by atoms with Crippen molar-refractivity contribution in [3.05, 3.63) is 61.8 Å². The minimum atomic E-state index is -0.939. The number of carboxylic acid groups (broad SMARTS) is 1. The second kappa shape index (κ2) is 6.16. The van der Waals surface area contributed by atoms with E-state index in [0.29, 0.717) is 33.3 Å². The van der Waals surface area contributed by atoms with Crippen LogP contribution in [0.3, 0.4) is 0 Å². The monoisotopic (exact) mass is 436 g/mol. The molecule has 0 saturated carbocycles. The fraction of sp³-hybridized carbons (Fsp3) is 0.111. The minimum Gasteiger partial charge on any atom is -0.480 e. The number of aliphatic carboxylic acids is 1. The number of rotatable bonds is 3. The normalized spacial score (nSPS) is 13.2. The number of hydrogen-bond acceptors (Lipinski definition) is 2. The molecule has 4 nitrogen and oxygen atoms in total. The highest BCUT2D eigenvalue weighted by Crippen LogP contribution is 2.35. The molecule has 1 aliphatic rings. The first-order chi connectivity index (χ1) is 11.9. The van der Waals surface area contributed by atoms with Crippen LogP contribution in [-0.2, 0) is 17.8 Å². The fourth-order valence-electron chi connectivity index (χ4n) is 3.12. The number of imidazole rings is 1. The lowest BCUT2D eigenvalue weighted by Crippen LogP contribution is -2.11. The third-order valence-corrected chi connectivity index (χ3v) is 5.40. The van der Waals surface area contributed by atoms with E-state index in [0.717, 1.165) is 15.6 Å². The highest BCUT2D eigenvalue weighted by molar-refractivity contribution is 9.10. The van der Waals surface area contributed by atoms with Gasteiger partial charge in [0.2, 0.25) is 0 Å². The van der Waals surface area contributed by atoms with Crippen LogP contribution < -0.4 is 0 Å². The van der Waals surface area contributed by atoms with E-state index in [1.807, 2.05) is 18.2 Å². The third kappa shape index (κ3) is 2.97. The number of fused-ring (bicyclic) bond motifs is 2. The van der Waals surface area contributed by atoms with Gasteiger partial charge >= 0.3 is 5.97 Å². The van der Waals surface area contributed by atoms with Gasteiger partial charge in [-0.05, 0) is 41.5 Å². The number of aromatic nitrogens is 2. The SMILES string of the molecule is O=C(O)Cn1c(C2=Cc3ccc(Br)cc3C2)nc2cc(Cl)c(Cl)cc21. The Kier molecular flexibility index (Phi) is 4.10. The molecule has 0 aliphatic heterocycles. The van der Waals surface area contributed by atoms with Crippen LogP contribution >= 0.6 is 39.1 Å². The van der Waals surface area contributed by atoms with Crippen LogP contribution in [0.5, 0.6) is 0 Å². The van der Waals surface area contributed by atoms with E-state index < -0.39 is 5.97 Å². The molecule has 126 valence electrons. The molecule has 0 saturated heterocycles. The van der Waals surface area contributed by atoms with Crippen LogP contribution in [0.2, 0.25) is 10.0 Å². The average molecular weight is 438 g/mol. The summed E-state index contributed by atoms with van der Waals surface area (Å²) in [5, 5.41) is 10.1. The van der Waals surface area contributed by atoms with Crippen LogP contribution in [0.1, 0.15) is 17.0 Å². The summed E-state index contributed by atoms with van der Waals surface area (Å²) in [4.78, 5) is 16.0. The molecule has 0 fully saturated rings. The molecule has 0 unspecified atom stereocenters. The molecule has 0 bridgehead atoms. The maximum atomic E-state index is 11.4. The van der Waals surface area contributed by atoms with Gasteiger partial charge in [-0.2, -0.15) is 0 Å². The first kappa shape index (κ1) is 16.6. The zero-order valence-corrected chi connectivity index (χ0v) is 15.9. The zero-order chi connectivity index (χ0) is 17.7. The summed E-state index contributed by atoms with van der Waals surface area (Å²) in [6.07, 6.45) is 2.74. The van der Waals surface area contributed by atoms with Crippen molar-refractivity contribution < 1.29 is 9.90 Å². The summed E-state index contributed by atoms with van der Waals surface area (Å²) in [5.74, 6) is -0.312. The Labute approximate surface area is 161 Å². The van der Waals surface area contributed by atoms with E-state index in [9.17, 15) is 9.90 Å². The molecule has 0 spiro atoms. The van der Waals surface area contributed by atoms with Crippen molar-refractivity contribution in [2.45, 2.75) is 13.0 Å². The Hall–Kier alpha value is -1.82. The van der Waals surface area contributed by atoms with Crippen molar-refractivity contribution >= 4 is 67.8 Å². The van der Waals surface area contributed by atoms with E-state index in [4.69, 9.17) is 23.2 Å². The molecule has 1 aliphatic carbocycles. The lowest BCUT2D eigenvalue weighted by molar-refractivity contribution is -0.137. The third-order valence-electron chi connectivity index (χ3n) is 4.19.